The zero-order valence-corrected chi connectivity index (χ0v) is 16.4. The van der Waals surface area contributed by atoms with E-state index in [2.05, 4.69) is 5.32 Å². The molecule has 6 nitrogen and oxygen atoms in total. The minimum atomic E-state index is -3.46. The molecule has 0 aromatic heterocycles. The van der Waals surface area contributed by atoms with E-state index in [-0.39, 0.29) is 11.9 Å². The van der Waals surface area contributed by atoms with Gasteiger partial charge in [0.25, 0.3) is 5.91 Å². The second kappa shape index (κ2) is 8.29. The Hall–Kier alpha value is -1.44. The smallest absolute Gasteiger partial charge is 0.275 e. The summed E-state index contributed by atoms with van der Waals surface area (Å²) in [6, 6.07) is 5.60. The lowest BCUT2D eigenvalue weighted by Crippen LogP contribution is -3.15. The van der Waals surface area contributed by atoms with E-state index >= 15 is 0 Å². The summed E-state index contributed by atoms with van der Waals surface area (Å²) in [5, 5.41) is 2.97. The van der Waals surface area contributed by atoms with Crippen molar-refractivity contribution >= 4 is 15.9 Å². The highest BCUT2D eigenvalue weighted by molar-refractivity contribution is 7.89. The first-order valence-corrected chi connectivity index (χ1v) is 10.4. The molecule has 2 rings (SSSR count). The molecule has 0 spiro atoms. The summed E-state index contributed by atoms with van der Waals surface area (Å²) in [5.74, 6) is 0.0371. The van der Waals surface area contributed by atoms with Gasteiger partial charge in [-0.05, 0) is 38.8 Å². The third kappa shape index (κ3) is 5.03. The Kier molecular flexibility index (Phi) is 6.59. The molecule has 7 heteroatoms. The van der Waals surface area contributed by atoms with E-state index in [1.807, 2.05) is 39.8 Å². The fourth-order valence-corrected chi connectivity index (χ4v) is 4.75. The van der Waals surface area contributed by atoms with E-state index in [1.165, 1.54) is 0 Å². The first-order valence-electron chi connectivity index (χ1n) is 8.94. The van der Waals surface area contributed by atoms with Crippen LogP contribution in [0.1, 0.15) is 31.4 Å². The Morgan fingerprint density at radius 2 is 1.92 bits per heavy atom. The predicted octanol–water partition coefficient (Wildman–Crippen LogP) is 0.107. The zero-order chi connectivity index (χ0) is 18.6. The fourth-order valence-electron chi connectivity index (χ4n) is 3.10. The lowest BCUT2D eigenvalue weighted by molar-refractivity contribution is -0.895. The van der Waals surface area contributed by atoms with Crippen LogP contribution in [0.2, 0.25) is 0 Å². The van der Waals surface area contributed by atoms with Gasteiger partial charge in [0.1, 0.15) is 0 Å². The van der Waals surface area contributed by atoms with Crippen molar-refractivity contribution in [2.45, 2.75) is 45.1 Å². The van der Waals surface area contributed by atoms with Crippen LogP contribution < -0.4 is 10.2 Å². The molecule has 1 aliphatic rings. The molecule has 1 atom stereocenters. The van der Waals surface area contributed by atoms with Gasteiger partial charge in [-0.3, -0.25) is 4.79 Å². The third-order valence-electron chi connectivity index (χ3n) is 4.81. The van der Waals surface area contributed by atoms with Crippen LogP contribution in [0.5, 0.6) is 0 Å². The van der Waals surface area contributed by atoms with E-state index in [9.17, 15) is 13.2 Å². The van der Waals surface area contributed by atoms with Gasteiger partial charge >= 0.3 is 0 Å². The Bertz CT molecular complexity index is 710. The Balaban J connectivity index is 1.96. The number of nitrogens with zero attached hydrogens (tertiary/aromatic N) is 1. The number of hydrogen-bond acceptors (Lipinski definition) is 3. The number of piperazine rings is 1. The summed E-state index contributed by atoms with van der Waals surface area (Å²) in [7, 11) is -3.46. The van der Waals surface area contributed by atoms with Crippen LogP contribution in [0, 0.1) is 13.8 Å². The maximum absolute atomic E-state index is 12.9. The van der Waals surface area contributed by atoms with E-state index in [0.717, 1.165) is 22.4 Å². The number of carbonyl (C=O) groups excluding carboxylic acids is 1. The second-order valence-corrected chi connectivity index (χ2v) is 8.88. The van der Waals surface area contributed by atoms with Gasteiger partial charge in [-0.25, -0.2) is 8.42 Å². The minimum Gasteiger partial charge on any atom is -0.349 e. The monoisotopic (exact) mass is 368 g/mol. The van der Waals surface area contributed by atoms with Crippen molar-refractivity contribution in [3.63, 3.8) is 0 Å². The molecule has 1 aromatic rings. The van der Waals surface area contributed by atoms with Crippen molar-refractivity contribution in [3.05, 3.63) is 29.3 Å². The van der Waals surface area contributed by atoms with Gasteiger partial charge in [-0.15, -0.1) is 0 Å². The molecule has 0 aliphatic carbocycles. The second-order valence-electron chi connectivity index (χ2n) is 6.98. The highest BCUT2D eigenvalue weighted by Crippen LogP contribution is 2.20. The number of sulfonamides is 1. The van der Waals surface area contributed by atoms with Crippen molar-refractivity contribution in [2.75, 3.05) is 32.7 Å². The van der Waals surface area contributed by atoms with Crippen molar-refractivity contribution in [1.82, 2.24) is 9.62 Å². The van der Waals surface area contributed by atoms with Gasteiger partial charge in [0.15, 0.2) is 6.54 Å². The average Bonchev–Trinajstić information content (AvgIpc) is 2.54. The molecule has 2 N–H and O–H groups in total. The van der Waals surface area contributed by atoms with Gasteiger partial charge in [0.05, 0.1) is 31.1 Å². The first-order chi connectivity index (χ1) is 11.7. The molecule has 1 saturated heterocycles. The summed E-state index contributed by atoms with van der Waals surface area (Å²) < 4.78 is 27.3. The summed E-state index contributed by atoms with van der Waals surface area (Å²) >= 11 is 0. The largest absolute Gasteiger partial charge is 0.349 e. The van der Waals surface area contributed by atoms with Gasteiger partial charge < -0.3 is 10.2 Å². The number of carbonyl (C=O) groups is 1. The Morgan fingerprint density at radius 1 is 1.28 bits per heavy atom. The maximum atomic E-state index is 12.9. The number of rotatable bonds is 6. The van der Waals surface area contributed by atoms with Gasteiger partial charge in [-0.1, -0.05) is 24.6 Å². The number of quaternary nitrogens is 1. The van der Waals surface area contributed by atoms with E-state index in [0.29, 0.717) is 37.6 Å². The summed E-state index contributed by atoms with van der Waals surface area (Å²) in [4.78, 5) is 13.5. The van der Waals surface area contributed by atoms with Crippen LogP contribution in [0.3, 0.4) is 0 Å². The molecule has 140 valence electrons. The normalized spacial score (nSPS) is 18.1. The summed E-state index contributed by atoms with van der Waals surface area (Å²) in [6.45, 7) is 10.4. The topological polar surface area (TPSA) is 70.9 Å². The molecule has 25 heavy (non-hydrogen) atoms. The molecule has 1 amide bonds. The van der Waals surface area contributed by atoms with Crippen LogP contribution >= 0.6 is 0 Å². The molecular formula is C18H30N3O3S+. The van der Waals surface area contributed by atoms with Crippen LogP contribution in [0.15, 0.2) is 23.1 Å². The van der Waals surface area contributed by atoms with Gasteiger partial charge in [0, 0.05) is 6.04 Å². The van der Waals surface area contributed by atoms with Gasteiger partial charge in [0.2, 0.25) is 10.0 Å². The van der Waals surface area contributed by atoms with Crippen molar-refractivity contribution < 1.29 is 18.1 Å². The fraction of sp³-hybridized carbons (Fsp3) is 0.611. The Labute approximate surface area is 151 Å². The minimum absolute atomic E-state index is 0.0371. The summed E-state index contributed by atoms with van der Waals surface area (Å²) in [6.07, 6.45) is 0.906. The van der Waals surface area contributed by atoms with Crippen LogP contribution in [-0.2, 0) is 14.8 Å². The third-order valence-corrected chi connectivity index (χ3v) is 6.87. The summed E-state index contributed by atoms with van der Waals surface area (Å²) in [5.41, 5.74) is 1.83. The molecule has 0 radical (unpaired) electrons. The quantitative estimate of drug-likeness (QED) is 0.749. The van der Waals surface area contributed by atoms with Crippen molar-refractivity contribution in [2.24, 2.45) is 0 Å². The standard InChI is InChI=1S/C18H29N3O3S/c1-5-16(4)19-18(22)13-20-8-10-21(11-9-20)25(23,24)17-7-6-14(2)12-15(17)3/h6-7,12,16H,5,8-11,13H2,1-4H3,(H,19,22)/p+1/t16-/m0/s1. The molecule has 1 aliphatic heterocycles. The number of amides is 1. The number of aryl methyl sites for hydroxylation is 2. The van der Waals surface area contributed by atoms with Gasteiger partial charge in [-0.2, -0.15) is 4.31 Å². The van der Waals surface area contributed by atoms with Crippen molar-refractivity contribution in [3.8, 4) is 0 Å². The van der Waals surface area contributed by atoms with E-state index in [1.54, 1.807) is 10.4 Å². The Morgan fingerprint density at radius 3 is 2.48 bits per heavy atom. The lowest BCUT2D eigenvalue weighted by atomic mass is 10.2. The molecular weight excluding hydrogens is 338 g/mol. The number of nitrogens with one attached hydrogen (secondary N) is 2. The number of hydrogen-bond donors (Lipinski definition) is 2. The maximum Gasteiger partial charge on any atom is 0.275 e. The molecule has 1 aromatic carbocycles. The molecule has 1 fully saturated rings. The lowest BCUT2D eigenvalue weighted by Gasteiger charge is -2.31. The van der Waals surface area contributed by atoms with Crippen LogP contribution in [0.4, 0.5) is 0 Å². The highest BCUT2D eigenvalue weighted by atomic mass is 32.2. The van der Waals surface area contributed by atoms with E-state index in [4.69, 9.17) is 0 Å². The highest BCUT2D eigenvalue weighted by Gasteiger charge is 2.32. The molecule has 1 heterocycles. The predicted molar refractivity (Wildman–Crippen MR) is 98.1 cm³/mol. The first kappa shape index (κ1) is 19.9. The number of benzene rings is 1. The van der Waals surface area contributed by atoms with Crippen LogP contribution in [-0.4, -0.2) is 57.4 Å². The molecule has 0 saturated carbocycles. The van der Waals surface area contributed by atoms with E-state index < -0.39 is 10.0 Å². The molecule has 0 unspecified atom stereocenters. The van der Waals surface area contributed by atoms with Crippen LogP contribution in [0.25, 0.3) is 0 Å². The zero-order valence-electron chi connectivity index (χ0n) is 15.6. The SMILES string of the molecule is CC[C@H](C)NC(=O)C[NH+]1CCN(S(=O)(=O)c2ccc(C)cc2C)CC1. The molecule has 0 bridgehead atoms. The average molecular weight is 369 g/mol. The van der Waals surface area contributed by atoms with Crippen molar-refractivity contribution in [1.29, 1.82) is 0 Å².